The Balaban J connectivity index is 1.54. The highest BCUT2D eigenvalue weighted by molar-refractivity contribution is 8.01. The number of benzene rings is 2. The maximum atomic E-state index is 12.9. The molecule has 0 bridgehead atoms. The van der Waals surface area contributed by atoms with E-state index in [0.717, 1.165) is 22.4 Å². The van der Waals surface area contributed by atoms with Crippen molar-refractivity contribution in [1.82, 2.24) is 10.2 Å². The number of hydrogen-bond donors (Lipinski definition) is 2. The van der Waals surface area contributed by atoms with Gasteiger partial charge in [-0.2, -0.15) is 0 Å². The fourth-order valence-corrected chi connectivity index (χ4v) is 4.32. The quantitative estimate of drug-likeness (QED) is 0.442. The lowest BCUT2D eigenvalue weighted by Gasteiger charge is -2.12. The predicted molar refractivity (Wildman–Crippen MR) is 114 cm³/mol. The molecule has 6 nitrogen and oxygen atoms in total. The number of amides is 2. The SMILES string of the molecule is Cc1cc(C)c(NC(=O)CSc2nnc(NC(=O)c3ccc(F)cc3)s2)c(C)c1. The van der Waals surface area contributed by atoms with Gasteiger partial charge in [0.2, 0.25) is 11.0 Å². The molecule has 2 N–H and O–H groups in total. The van der Waals surface area contributed by atoms with Gasteiger partial charge < -0.3 is 5.32 Å². The van der Waals surface area contributed by atoms with E-state index in [-0.39, 0.29) is 11.7 Å². The van der Waals surface area contributed by atoms with Gasteiger partial charge in [-0.05, 0) is 56.2 Å². The Kier molecular flexibility index (Phi) is 6.60. The average Bonchev–Trinajstić information content (AvgIpc) is 3.11. The second-order valence-corrected chi connectivity index (χ2v) is 8.64. The summed E-state index contributed by atoms with van der Waals surface area (Å²) < 4.78 is 13.5. The second-order valence-electron chi connectivity index (χ2n) is 6.44. The molecule has 0 fully saturated rings. The Morgan fingerprint density at radius 3 is 2.34 bits per heavy atom. The van der Waals surface area contributed by atoms with E-state index >= 15 is 0 Å². The molecule has 0 radical (unpaired) electrons. The molecule has 3 rings (SSSR count). The van der Waals surface area contributed by atoms with Crippen LogP contribution in [0.1, 0.15) is 27.0 Å². The first-order valence-electron chi connectivity index (χ1n) is 8.73. The molecule has 2 aromatic carbocycles. The lowest BCUT2D eigenvalue weighted by atomic mass is 10.1. The van der Waals surface area contributed by atoms with Gasteiger partial charge in [0.1, 0.15) is 5.82 Å². The van der Waals surface area contributed by atoms with Crippen LogP contribution in [0.3, 0.4) is 0 Å². The van der Waals surface area contributed by atoms with Crippen molar-refractivity contribution < 1.29 is 14.0 Å². The summed E-state index contributed by atoms with van der Waals surface area (Å²) in [6.45, 7) is 5.94. The molecule has 0 aliphatic rings. The largest absolute Gasteiger partial charge is 0.325 e. The summed E-state index contributed by atoms with van der Waals surface area (Å²) in [5, 5.41) is 13.8. The van der Waals surface area contributed by atoms with Crippen LogP contribution in [0.15, 0.2) is 40.7 Å². The first kappa shape index (κ1) is 20.9. The monoisotopic (exact) mass is 430 g/mol. The first-order chi connectivity index (χ1) is 13.8. The average molecular weight is 431 g/mol. The van der Waals surface area contributed by atoms with E-state index in [1.54, 1.807) is 0 Å². The minimum absolute atomic E-state index is 0.142. The van der Waals surface area contributed by atoms with Crippen molar-refractivity contribution in [3.63, 3.8) is 0 Å². The van der Waals surface area contributed by atoms with Gasteiger partial charge in [0.05, 0.1) is 5.75 Å². The van der Waals surface area contributed by atoms with Crippen LogP contribution in [0.5, 0.6) is 0 Å². The minimum atomic E-state index is -0.412. The van der Waals surface area contributed by atoms with Gasteiger partial charge in [0, 0.05) is 11.3 Å². The van der Waals surface area contributed by atoms with E-state index in [0.29, 0.717) is 15.0 Å². The van der Waals surface area contributed by atoms with Crippen molar-refractivity contribution >= 4 is 45.7 Å². The summed E-state index contributed by atoms with van der Waals surface area (Å²) in [6.07, 6.45) is 0. The third-order valence-corrected chi connectivity index (χ3v) is 5.97. The maximum absolute atomic E-state index is 12.9. The molecule has 150 valence electrons. The maximum Gasteiger partial charge on any atom is 0.257 e. The molecule has 2 amide bonds. The Hall–Kier alpha value is -2.78. The number of rotatable bonds is 6. The molecule has 1 heterocycles. The van der Waals surface area contributed by atoms with Crippen LogP contribution in [0.4, 0.5) is 15.2 Å². The van der Waals surface area contributed by atoms with Gasteiger partial charge in [-0.1, -0.05) is 40.8 Å². The van der Waals surface area contributed by atoms with E-state index in [1.807, 2.05) is 32.9 Å². The summed E-state index contributed by atoms with van der Waals surface area (Å²) in [4.78, 5) is 24.4. The highest BCUT2D eigenvalue weighted by Gasteiger charge is 2.13. The number of aryl methyl sites for hydroxylation is 3. The number of aromatic nitrogens is 2. The molecule has 0 atom stereocenters. The summed E-state index contributed by atoms with van der Waals surface area (Å²) >= 11 is 2.41. The number of halogens is 1. The third-order valence-electron chi connectivity index (χ3n) is 4.00. The molecule has 0 spiro atoms. The van der Waals surface area contributed by atoms with Crippen LogP contribution in [0.25, 0.3) is 0 Å². The fraction of sp³-hybridized carbons (Fsp3) is 0.200. The third kappa shape index (κ3) is 5.61. The molecular formula is C20H19FN4O2S2. The summed E-state index contributed by atoms with van der Waals surface area (Å²) in [7, 11) is 0. The van der Waals surface area contributed by atoms with Gasteiger partial charge in [0.15, 0.2) is 4.34 Å². The normalized spacial score (nSPS) is 10.6. The van der Waals surface area contributed by atoms with E-state index in [9.17, 15) is 14.0 Å². The number of anilines is 2. The second kappa shape index (κ2) is 9.15. The summed E-state index contributed by atoms with van der Waals surface area (Å²) in [5.74, 6) is -0.781. The summed E-state index contributed by atoms with van der Waals surface area (Å²) in [5.41, 5.74) is 4.33. The summed E-state index contributed by atoms with van der Waals surface area (Å²) in [6, 6.07) is 9.26. The zero-order chi connectivity index (χ0) is 21.0. The van der Waals surface area contributed by atoms with Crippen molar-refractivity contribution in [2.45, 2.75) is 25.1 Å². The Morgan fingerprint density at radius 1 is 1.03 bits per heavy atom. The molecule has 0 aliphatic carbocycles. The number of hydrogen-bond acceptors (Lipinski definition) is 6. The van der Waals surface area contributed by atoms with E-state index in [1.165, 1.54) is 47.4 Å². The molecular weight excluding hydrogens is 411 g/mol. The lowest BCUT2D eigenvalue weighted by Crippen LogP contribution is -2.15. The lowest BCUT2D eigenvalue weighted by molar-refractivity contribution is -0.113. The van der Waals surface area contributed by atoms with Gasteiger partial charge >= 0.3 is 0 Å². The van der Waals surface area contributed by atoms with Gasteiger partial charge in [-0.3, -0.25) is 14.9 Å². The van der Waals surface area contributed by atoms with Crippen LogP contribution < -0.4 is 10.6 Å². The molecule has 9 heteroatoms. The number of carbonyl (C=O) groups excluding carboxylic acids is 2. The minimum Gasteiger partial charge on any atom is -0.325 e. The smallest absolute Gasteiger partial charge is 0.257 e. The molecule has 0 saturated heterocycles. The van der Waals surface area contributed by atoms with Crippen molar-refractivity contribution in [2.75, 3.05) is 16.4 Å². The Morgan fingerprint density at radius 2 is 1.69 bits per heavy atom. The molecule has 0 aliphatic heterocycles. The van der Waals surface area contributed by atoms with Gasteiger partial charge in [0.25, 0.3) is 5.91 Å². The highest BCUT2D eigenvalue weighted by Crippen LogP contribution is 2.27. The Bertz CT molecular complexity index is 1030. The van der Waals surface area contributed by atoms with Crippen LogP contribution in [0, 0.1) is 26.6 Å². The molecule has 29 heavy (non-hydrogen) atoms. The predicted octanol–water partition coefficient (Wildman–Crippen LogP) is 4.59. The molecule has 0 unspecified atom stereocenters. The topological polar surface area (TPSA) is 84.0 Å². The van der Waals surface area contributed by atoms with Crippen LogP contribution in [0.2, 0.25) is 0 Å². The number of nitrogens with one attached hydrogen (secondary N) is 2. The van der Waals surface area contributed by atoms with E-state index in [4.69, 9.17) is 0 Å². The van der Waals surface area contributed by atoms with Crippen LogP contribution in [-0.4, -0.2) is 27.8 Å². The molecule has 1 aromatic heterocycles. The first-order valence-corrected chi connectivity index (χ1v) is 10.5. The van der Waals surface area contributed by atoms with E-state index < -0.39 is 11.7 Å². The highest BCUT2D eigenvalue weighted by atomic mass is 32.2. The zero-order valence-electron chi connectivity index (χ0n) is 16.1. The van der Waals surface area contributed by atoms with Crippen molar-refractivity contribution in [1.29, 1.82) is 0 Å². The van der Waals surface area contributed by atoms with Crippen LogP contribution >= 0.6 is 23.1 Å². The van der Waals surface area contributed by atoms with Crippen molar-refractivity contribution in [3.8, 4) is 0 Å². The Labute approximate surface area is 175 Å². The number of thioether (sulfide) groups is 1. The zero-order valence-corrected chi connectivity index (χ0v) is 17.7. The molecule has 0 saturated carbocycles. The van der Waals surface area contributed by atoms with E-state index in [2.05, 4.69) is 20.8 Å². The van der Waals surface area contributed by atoms with Crippen molar-refractivity contribution in [3.05, 3.63) is 64.5 Å². The van der Waals surface area contributed by atoms with Crippen LogP contribution in [-0.2, 0) is 4.79 Å². The standard InChI is InChI=1S/C20H19FN4O2S2/c1-11-8-12(2)17(13(3)9-11)22-16(26)10-28-20-25-24-19(29-20)23-18(27)14-4-6-15(21)7-5-14/h4-9H,10H2,1-3H3,(H,22,26)(H,23,24,27). The van der Waals surface area contributed by atoms with Gasteiger partial charge in [-0.25, -0.2) is 4.39 Å². The fourth-order valence-electron chi connectivity index (χ4n) is 2.77. The molecule has 3 aromatic rings. The van der Waals surface area contributed by atoms with Crippen molar-refractivity contribution in [2.24, 2.45) is 0 Å². The number of carbonyl (C=O) groups is 2. The number of nitrogens with zero attached hydrogens (tertiary/aromatic N) is 2. The van der Waals surface area contributed by atoms with Gasteiger partial charge in [-0.15, -0.1) is 10.2 Å².